The summed E-state index contributed by atoms with van der Waals surface area (Å²) in [5.41, 5.74) is 7.06. The van der Waals surface area contributed by atoms with Crippen LogP contribution in [-0.4, -0.2) is 18.3 Å². The first-order valence-electron chi connectivity index (χ1n) is 6.30. The molecule has 1 saturated carbocycles. The third kappa shape index (κ3) is 2.61. The highest BCUT2D eigenvalue weighted by Gasteiger charge is 2.29. The number of hydrogen-bond donors (Lipinski definition) is 2. The number of hydrogen-bond acceptors (Lipinski definition) is 3. The predicted molar refractivity (Wildman–Crippen MR) is 67.9 cm³/mol. The topological polar surface area (TPSA) is 55.5 Å². The molecule has 0 saturated heterocycles. The van der Waals surface area contributed by atoms with Gasteiger partial charge in [0.15, 0.2) is 0 Å². The summed E-state index contributed by atoms with van der Waals surface area (Å²) in [6.07, 6.45) is 4.13. The Bertz CT molecular complexity index is 361. The van der Waals surface area contributed by atoms with E-state index in [0.717, 1.165) is 24.2 Å². The quantitative estimate of drug-likeness (QED) is 0.841. The van der Waals surface area contributed by atoms with Crippen LogP contribution in [0.25, 0.3) is 0 Å². The Morgan fingerprint density at radius 2 is 1.94 bits per heavy atom. The van der Waals surface area contributed by atoms with Crippen molar-refractivity contribution in [2.24, 2.45) is 11.7 Å². The van der Waals surface area contributed by atoms with Crippen molar-refractivity contribution in [1.82, 2.24) is 0 Å². The molecule has 1 aromatic rings. The van der Waals surface area contributed by atoms with Gasteiger partial charge < -0.3 is 15.6 Å². The van der Waals surface area contributed by atoms with Crippen LogP contribution < -0.4 is 10.5 Å². The van der Waals surface area contributed by atoms with Crippen LogP contribution in [0.1, 0.15) is 37.3 Å². The second-order valence-corrected chi connectivity index (χ2v) is 4.80. The molecule has 2 rings (SSSR count). The fourth-order valence-electron chi connectivity index (χ4n) is 2.72. The third-order valence-corrected chi connectivity index (χ3v) is 3.75. The van der Waals surface area contributed by atoms with Gasteiger partial charge in [0.1, 0.15) is 5.75 Å². The van der Waals surface area contributed by atoms with Crippen LogP contribution in [0.15, 0.2) is 24.3 Å². The Morgan fingerprint density at radius 1 is 1.29 bits per heavy atom. The number of nitrogens with two attached hydrogens (primary N) is 1. The molecule has 1 aliphatic rings. The zero-order chi connectivity index (χ0) is 12.3. The highest BCUT2D eigenvalue weighted by Crippen LogP contribution is 2.34. The monoisotopic (exact) mass is 235 g/mol. The molecule has 1 aliphatic carbocycles. The van der Waals surface area contributed by atoms with E-state index >= 15 is 0 Å². The second-order valence-electron chi connectivity index (χ2n) is 4.80. The van der Waals surface area contributed by atoms with E-state index in [1.165, 1.54) is 12.8 Å². The van der Waals surface area contributed by atoms with Gasteiger partial charge in [-0.25, -0.2) is 0 Å². The van der Waals surface area contributed by atoms with Crippen molar-refractivity contribution < 1.29 is 9.84 Å². The maximum atomic E-state index is 10.3. The lowest BCUT2D eigenvalue weighted by Crippen LogP contribution is -2.32. The molecule has 2 atom stereocenters. The number of aliphatic hydroxyl groups is 1. The fourth-order valence-corrected chi connectivity index (χ4v) is 2.72. The van der Waals surface area contributed by atoms with Crippen molar-refractivity contribution in [3.8, 4) is 5.75 Å². The summed E-state index contributed by atoms with van der Waals surface area (Å²) in [5, 5.41) is 10.3. The van der Waals surface area contributed by atoms with E-state index < -0.39 is 6.10 Å². The van der Waals surface area contributed by atoms with E-state index in [9.17, 15) is 5.11 Å². The predicted octanol–water partition coefficient (Wildman–Crippen LogP) is 2.25. The number of benzene rings is 1. The van der Waals surface area contributed by atoms with Crippen LogP contribution >= 0.6 is 0 Å². The van der Waals surface area contributed by atoms with Crippen molar-refractivity contribution in [1.29, 1.82) is 0 Å². The molecule has 94 valence electrons. The molecule has 3 heteroatoms. The lowest BCUT2D eigenvalue weighted by Gasteiger charge is -2.25. The molecule has 1 aromatic carbocycles. The second kappa shape index (κ2) is 5.52. The van der Waals surface area contributed by atoms with E-state index in [4.69, 9.17) is 10.5 Å². The van der Waals surface area contributed by atoms with Crippen LogP contribution in [-0.2, 0) is 0 Å². The first-order valence-corrected chi connectivity index (χ1v) is 6.30. The Balaban J connectivity index is 2.14. The van der Waals surface area contributed by atoms with Gasteiger partial charge in [0.05, 0.1) is 19.3 Å². The van der Waals surface area contributed by atoms with Gasteiger partial charge in [0, 0.05) is 5.56 Å². The van der Waals surface area contributed by atoms with Gasteiger partial charge >= 0.3 is 0 Å². The highest BCUT2D eigenvalue weighted by atomic mass is 16.5. The van der Waals surface area contributed by atoms with Gasteiger partial charge in [0.25, 0.3) is 0 Å². The Labute approximate surface area is 103 Å². The number of para-hydroxylation sites is 1. The molecule has 0 radical (unpaired) electrons. The summed E-state index contributed by atoms with van der Waals surface area (Å²) in [6, 6.07) is 7.31. The summed E-state index contributed by atoms with van der Waals surface area (Å²) in [4.78, 5) is 0. The summed E-state index contributed by atoms with van der Waals surface area (Å²) in [6.45, 7) is 0. The molecular formula is C14H21NO2. The summed E-state index contributed by atoms with van der Waals surface area (Å²) >= 11 is 0. The lowest BCUT2D eigenvalue weighted by molar-refractivity contribution is 0.0836. The van der Waals surface area contributed by atoms with Crippen LogP contribution in [0.3, 0.4) is 0 Å². The lowest BCUT2D eigenvalue weighted by atomic mass is 9.90. The summed E-state index contributed by atoms with van der Waals surface area (Å²) in [7, 11) is 1.63. The minimum Gasteiger partial charge on any atom is -0.496 e. The van der Waals surface area contributed by atoms with E-state index in [2.05, 4.69) is 0 Å². The molecule has 0 bridgehead atoms. The van der Waals surface area contributed by atoms with Crippen molar-refractivity contribution in [2.45, 2.75) is 37.8 Å². The minimum absolute atomic E-state index is 0.343. The Hall–Kier alpha value is -1.06. The average molecular weight is 235 g/mol. The summed E-state index contributed by atoms with van der Waals surface area (Å²) in [5.74, 6) is 1.10. The van der Waals surface area contributed by atoms with Gasteiger partial charge in [-0.1, -0.05) is 31.0 Å². The molecule has 0 amide bonds. The molecule has 0 heterocycles. The van der Waals surface area contributed by atoms with Crippen LogP contribution in [0.2, 0.25) is 0 Å². The standard InChI is InChI=1S/C14H21NO2/c1-17-12-9-5-4-8-11(12)13(15)14(16)10-6-2-3-7-10/h4-5,8-10,13-14,16H,2-3,6-7,15H2,1H3/t13-,14+/m0/s1. The van der Waals surface area contributed by atoms with Crippen LogP contribution in [0.4, 0.5) is 0 Å². The van der Waals surface area contributed by atoms with Crippen LogP contribution in [0.5, 0.6) is 5.75 Å². The van der Waals surface area contributed by atoms with Gasteiger partial charge in [0.2, 0.25) is 0 Å². The zero-order valence-electron chi connectivity index (χ0n) is 10.3. The number of ether oxygens (including phenoxy) is 1. The van der Waals surface area contributed by atoms with Gasteiger partial charge in [-0.05, 0) is 24.8 Å². The first kappa shape index (κ1) is 12.4. The molecule has 1 fully saturated rings. The fraction of sp³-hybridized carbons (Fsp3) is 0.571. The minimum atomic E-state index is -0.464. The van der Waals surface area contributed by atoms with E-state index in [1.54, 1.807) is 7.11 Å². The van der Waals surface area contributed by atoms with Crippen molar-refractivity contribution in [3.63, 3.8) is 0 Å². The van der Waals surface area contributed by atoms with Gasteiger partial charge in [-0.2, -0.15) is 0 Å². The number of methoxy groups -OCH3 is 1. The molecule has 0 aliphatic heterocycles. The van der Waals surface area contributed by atoms with Gasteiger partial charge in [-0.15, -0.1) is 0 Å². The van der Waals surface area contributed by atoms with Gasteiger partial charge in [-0.3, -0.25) is 0 Å². The van der Waals surface area contributed by atoms with Crippen molar-refractivity contribution in [3.05, 3.63) is 29.8 Å². The summed E-state index contributed by atoms with van der Waals surface area (Å²) < 4.78 is 5.29. The van der Waals surface area contributed by atoms with E-state index in [1.807, 2.05) is 24.3 Å². The van der Waals surface area contributed by atoms with Crippen molar-refractivity contribution >= 4 is 0 Å². The number of aliphatic hydroxyl groups excluding tert-OH is 1. The van der Waals surface area contributed by atoms with E-state index in [-0.39, 0.29) is 6.04 Å². The smallest absolute Gasteiger partial charge is 0.123 e. The normalized spacial score (nSPS) is 20.2. The molecule has 3 nitrogen and oxygen atoms in total. The Morgan fingerprint density at radius 3 is 2.59 bits per heavy atom. The molecular weight excluding hydrogens is 214 g/mol. The van der Waals surface area contributed by atoms with Crippen LogP contribution in [0, 0.1) is 5.92 Å². The number of rotatable bonds is 4. The molecule has 17 heavy (non-hydrogen) atoms. The largest absolute Gasteiger partial charge is 0.496 e. The zero-order valence-corrected chi connectivity index (χ0v) is 10.3. The Kier molecular flexibility index (Phi) is 4.02. The molecule has 0 unspecified atom stereocenters. The highest BCUT2D eigenvalue weighted by molar-refractivity contribution is 5.36. The average Bonchev–Trinajstić information content (AvgIpc) is 2.90. The van der Waals surface area contributed by atoms with Crippen molar-refractivity contribution in [2.75, 3.05) is 7.11 Å². The van der Waals surface area contributed by atoms with E-state index in [0.29, 0.717) is 5.92 Å². The molecule has 0 aromatic heterocycles. The SMILES string of the molecule is COc1ccccc1[C@H](N)[C@H](O)C1CCCC1. The maximum Gasteiger partial charge on any atom is 0.123 e. The molecule has 3 N–H and O–H groups in total. The third-order valence-electron chi connectivity index (χ3n) is 3.75. The molecule has 0 spiro atoms. The first-order chi connectivity index (χ1) is 8.24. The maximum absolute atomic E-state index is 10.3.